The van der Waals surface area contributed by atoms with E-state index in [2.05, 4.69) is 12.0 Å². The molecule has 0 saturated carbocycles. The minimum Gasteiger partial charge on any atom is -0.493 e. The molecule has 0 radical (unpaired) electrons. The Kier molecular flexibility index (Phi) is 4.74. The van der Waals surface area contributed by atoms with Crippen LogP contribution in [0.4, 0.5) is 4.39 Å². The van der Waals surface area contributed by atoms with Crippen molar-refractivity contribution in [1.29, 1.82) is 0 Å². The van der Waals surface area contributed by atoms with E-state index in [-0.39, 0.29) is 11.9 Å². The van der Waals surface area contributed by atoms with Gasteiger partial charge < -0.3 is 10.5 Å². The first-order chi connectivity index (χ1) is 9.67. The van der Waals surface area contributed by atoms with E-state index in [9.17, 15) is 4.39 Å². The molecule has 0 fully saturated rings. The fraction of sp³-hybridized carbons (Fsp3) is 0.400. The van der Waals surface area contributed by atoms with E-state index in [1.54, 1.807) is 25.4 Å². The van der Waals surface area contributed by atoms with E-state index in [0.29, 0.717) is 17.7 Å². The summed E-state index contributed by atoms with van der Waals surface area (Å²) >= 11 is 0. The van der Waals surface area contributed by atoms with E-state index < -0.39 is 0 Å². The molecule has 1 aromatic heterocycles. The Labute approximate surface area is 118 Å². The second kappa shape index (κ2) is 6.52. The molecule has 1 heterocycles. The number of rotatable bonds is 6. The molecule has 0 aliphatic carbocycles. The summed E-state index contributed by atoms with van der Waals surface area (Å²) < 4.78 is 20.9. The lowest BCUT2D eigenvalue weighted by Gasteiger charge is -2.16. The fourth-order valence-electron chi connectivity index (χ4n) is 2.30. The zero-order chi connectivity index (χ0) is 14.5. The summed E-state index contributed by atoms with van der Waals surface area (Å²) in [5.74, 6) is 0.422. The predicted octanol–water partition coefficient (Wildman–Crippen LogP) is 2.68. The highest BCUT2D eigenvalue weighted by Gasteiger charge is 2.19. The first-order valence-corrected chi connectivity index (χ1v) is 6.76. The van der Waals surface area contributed by atoms with Crippen molar-refractivity contribution in [3.8, 4) is 5.75 Å². The quantitative estimate of drug-likeness (QED) is 0.883. The summed E-state index contributed by atoms with van der Waals surface area (Å²) in [6.07, 6.45) is 3.02. The van der Waals surface area contributed by atoms with E-state index >= 15 is 0 Å². The van der Waals surface area contributed by atoms with E-state index in [4.69, 9.17) is 10.5 Å². The maximum atomic E-state index is 13.7. The van der Waals surface area contributed by atoms with Gasteiger partial charge in [-0.05, 0) is 24.5 Å². The first kappa shape index (κ1) is 14.5. The maximum absolute atomic E-state index is 13.7. The monoisotopic (exact) mass is 277 g/mol. The minimum absolute atomic E-state index is 0.233. The van der Waals surface area contributed by atoms with Gasteiger partial charge in [-0.2, -0.15) is 5.10 Å². The Morgan fingerprint density at radius 2 is 2.15 bits per heavy atom. The van der Waals surface area contributed by atoms with Crippen molar-refractivity contribution in [2.45, 2.75) is 32.4 Å². The molecular weight excluding hydrogens is 257 g/mol. The molecule has 0 spiro atoms. The second-order valence-corrected chi connectivity index (χ2v) is 4.72. The van der Waals surface area contributed by atoms with Crippen molar-refractivity contribution < 1.29 is 9.13 Å². The van der Waals surface area contributed by atoms with Gasteiger partial charge in [0, 0.05) is 6.54 Å². The maximum Gasteiger partial charge on any atom is 0.161 e. The SMILES string of the molecule is CCCn1ncc(OC)c1C(N)Cc1ccccc1F. The molecule has 20 heavy (non-hydrogen) atoms. The number of nitrogens with two attached hydrogens (primary N) is 1. The highest BCUT2D eigenvalue weighted by atomic mass is 19.1. The first-order valence-electron chi connectivity index (χ1n) is 6.76. The lowest BCUT2D eigenvalue weighted by atomic mass is 10.0. The van der Waals surface area contributed by atoms with Crippen LogP contribution in [0.3, 0.4) is 0 Å². The van der Waals surface area contributed by atoms with Gasteiger partial charge in [0.1, 0.15) is 5.82 Å². The van der Waals surface area contributed by atoms with E-state index in [1.807, 2.05) is 10.7 Å². The summed E-state index contributed by atoms with van der Waals surface area (Å²) in [6, 6.07) is 6.33. The average molecular weight is 277 g/mol. The Morgan fingerprint density at radius 1 is 1.40 bits per heavy atom. The summed E-state index contributed by atoms with van der Waals surface area (Å²) in [5.41, 5.74) is 7.66. The van der Waals surface area contributed by atoms with Gasteiger partial charge in [0.2, 0.25) is 0 Å². The molecule has 0 aliphatic heterocycles. The molecular formula is C15H20FN3O. The molecule has 0 saturated heterocycles. The summed E-state index contributed by atoms with van der Waals surface area (Å²) in [4.78, 5) is 0. The van der Waals surface area contributed by atoms with Gasteiger partial charge >= 0.3 is 0 Å². The van der Waals surface area contributed by atoms with Gasteiger partial charge in [-0.25, -0.2) is 4.39 Å². The van der Waals surface area contributed by atoms with Crippen LogP contribution in [0.1, 0.15) is 30.6 Å². The van der Waals surface area contributed by atoms with Crippen molar-refractivity contribution >= 4 is 0 Å². The molecule has 2 N–H and O–H groups in total. The molecule has 108 valence electrons. The third-order valence-electron chi connectivity index (χ3n) is 3.25. The zero-order valence-electron chi connectivity index (χ0n) is 11.8. The molecule has 2 rings (SSSR count). The van der Waals surface area contributed by atoms with Gasteiger partial charge in [0.05, 0.1) is 25.0 Å². The average Bonchev–Trinajstić information content (AvgIpc) is 2.85. The number of aromatic nitrogens is 2. The van der Waals surface area contributed by atoms with Crippen LogP contribution >= 0.6 is 0 Å². The van der Waals surface area contributed by atoms with Crippen molar-refractivity contribution in [3.05, 3.63) is 47.5 Å². The molecule has 1 atom stereocenters. The normalized spacial score (nSPS) is 12.4. The van der Waals surface area contributed by atoms with Gasteiger partial charge in [-0.15, -0.1) is 0 Å². The Hall–Kier alpha value is -1.88. The number of hydrogen-bond acceptors (Lipinski definition) is 3. The molecule has 0 aliphatic rings. The summed E-state index contributed by atoms with van der Waals surface area (Å²) in [7, 11) is 1.59. The van der Waals surface area contributed by atoms with Gasteiger partial charge in [0.25, 0.3) is 0 Å². The third-order valence-corrected chi connectivity index (χ3v) is 3.25. The van der Waals surface area contributed by atoms with E-state index in [1.165, 1.54) is 6.07 Å². The van der Waals surface area contributed by atoms with Crippen molar-refractivity contribution in [2.24, 2.45) is 5.73 Å². The van der Waals surface area contributed by atoms with Gasteiger partial charge in [-0.3, -0.25) is 4.68 Å². The van der Waals surface area contributed by atoms with Crippen LogP contribution in [-0.4, -0.2) is 16.9 Å². The van der Waals surface area contributed by atoms with E-state index in [0.717, 1.165) is 18.7 Å². The number of halogens is 1. The van der Waals surface area contributed by atoms with Crippen LogP contribution in [0.5, 0.6) is 5.75 Å². The Bertz CT molecular complexity index is 568. The highest BCUT2D eigenvalue weighted by Crippen LogP contribution is 2.26. The van der Waals surface area contributed by atoms with Crippen molar-refractivity contribution in [1.82, 2.24) is 9.78 Å². The number of ether oxygens (including phenoxy) is 1. The van der Waals surface area contributed by atoms with Crippen LogP contribution in [-0.2, 0) is 13.0 Å². The van der Waals surface area contributed by atoms with Crippen molar-refractivity contribution in [2.75, 3.05) is 7.11 Å². The molecule has 1 unspecified atom stereocenters. The van der Waals surface area contributed by atoms with Crippen LogP contribution < -0.4 is 10.5 Å². The highest BCUT2D eigenvalue weighted by molar-refractivity contribution is 5.30. The van der Waals surface area contributed by atoms with Crippen LogP contribution in [0.25, 0.3) is 0 Å². The molecule has 2 aromatic rings. The number of aryl methyl sites for hydroxylation is 1. The van der Waals surface area contributed by atoms with Crippen LogP contribution in [0.2, 0.25) is 0 Å². The number of nitrogens with zero attached hydrogens (tertiary/aromatic N) is 2. The standard InChI is InChI=1S/C15H20FN3O/c1-3-8-19-15(14(20-2)10-18-19)13(17)9-11-6-4-5-7-12(11)16/h4-7,10,13H,3,8-9,17H2,1-2H3. The smallest absolute Gasteiger partial charge is 0.161 e. The Balaban J connectivity index is 2.26. The Morgan fingerprint density at radius 3 is 2.80 bits per heavy atom. The third kappa shape index (κ3) is 2.99. The van der Waals surface area contributed by atoms with Crippen LogP contribution in [0, 0.1) is 5.82 Å². The lowest BCUT2D eigenvalue weighted by Crippen LogP contribution is -2.20. The summed E-state index contributed by atoms with van der Waals surface area (Å²) in [5, 5.41) is 4.28. The topological polar surface area (TPSA) is 53.1 Å². The molecule has 4 nitrogen and oxygen atoms in total. The lowest BCUT2D eigenvalue weighted by molar-refractivity contribution is 0.399. The largest absolute Gasteiger partial charge is 0.493 e. The predicted molar refractivity (Wildman–Crippen MR) is 76.1 cm³/mol. The zero-order valence-corrected chi connectivity index (χ0v) is 11.8. The number of hydrogen-bond donors (Lipinski definition) is 1. The van der Waals surface area contributed by atoms with Crippen molar-refractivity contribution in [3.63, 3.8) is 0 Å². The fourth-order valence-corrected chi connectivity index (χ4v) is 2.30. The molecule has 0 amide bonds. The number of methoxy groups -OCH3 is 1. The second-order valence-electron chi connectivity index (χ2n) is 4.72. The van der Waals surface area contributed by atoms with Crippen LogP contribution in [0.15, 0.2) is 30.5 Å². The molecule has 5 heteroatoms. The molecule has 1 aromatic carbocycles. The molecule has 0 bridgehead atoms. The van der Waals surface area contributed by atoms with Gasteiger partial charge in [0.15, 0.2) is 5.75 Å². The summed E-state index contributed by atoms with van der Waals surface area (Å²) in [6.45, 7) is 2.84. The number of benzene rings is 1. The van der Waals surface area contributed by atoms with Gasteiger partial charge in [-0.1, -0.05) is 25.1 Å². The minimum atomic E-state index is -0.351.